The van der Waals surface area contributed by atoms with Crippen molar-refractivity contribution in [2.45, 2.75) is 12.8 Å². The van der Waals surface area contributed by atoms with Gasteiger partial charge in [0.2, 0.25) is 0 Å². The molecule has 0 aromatic heterocycles. The van der Waals surface area contributed by atoms with Crippen LogP contribution in [0.2, 0.25) is 5.02 Å². The summed E-state index contributed by atoms with van der Waals surface area (Å²) in [5.74, 6) is 0.389. The highest BCUT2D eigenvalue weighted by Gasteiger charge is 2.16. The van der Waals surface area contributed by atoms with E-state index in [0.29, 0.717) is 5.75 Å². The minimum Gasteiger partial charge on any atom is -0.508 e. The summed E-state index contributed by atoms with van der Waals surface area (Å²) in [4.78, 5) is 2.26. The van der Waals surface area contributed by atoms with Gasteiger partial charge < -0.3 is 10.0 Å². The first-order valence-corrected chi connectivity index (χ1v) is 5.24. The lowest BCUT2D eigenvalue weighted by molar-refractivity contribution is 0.351. The largest absolute Gasteiger partial charge is 0.508 e. The van der Waals surface area contributed by atoms with Crippen LogP contribution in [-0.4, -0.2) is 30.1 Å². The Bertz CT molecular complexity index is 318. The van der Waals surface area contributed by atoms with Gasteiger partial charge >= 0.3 is 0 Å². The van der Waals surface area contributed by atoms with Crippen LogP contribution in [0, 0.1) is 0 Å². The molecule has 2 rings (SSSR count). The van der Waals surface area contributed by atoms with Gasteiger partial charge in [0.1, 0.15) is 5.75 Å². The number of benzene rings is 1. The molecular formula is C11H14ClNO. The van der Waals surface area contributed by atoms with E-state index in [1.165, 1.54) is 0 Å². The molecule has 76 valence electrons. The average Bonchev–Trinajstić information content (AvgIpc) is 2.35. The first-order valence-electron chi connectivity index (χ1n) is 4.86. The first kappa shape index (κ1) is 9.81. The first-order chi connectivity index (χ1) is 6.68. The average molecular weight is 212 g/mol. The van der Waals surface area contributed by atoms with Gasteiger partial charge in [-0.05, 0) is 43.1 Å². The molecule has 14 heavy (non-hydrogen) atoms. The fourth-order valence-electron chi connectivity index (χ4n) is 1.92. The summed E-state index contributed by atoms with van der Waals surface area (Å²) in [5.41, 5.74) is 2.15. The third kappa shape index (κ3) is 1.72. The van der Waals surface area contributed by atoms with Crippen LogP contribution in [0.5, 0.6) is 5.75 Å². The van der Waals surface area contributed by atoms with E-state index in [1.54, 1.807) is 12.1 Å². The Labute approximate surface area is 89.1 Å². The topological polar surface area (TPSA) is 23.5 Å². The van der Waals surface area contributed by atoms with Gasteiger partial charge in [0.05, 0.1) is 0 Å². The normalized spacial score (nSPS) is 17.6. The molecule has 0 fully saturated rings. The number of hydrogen-bond acceptors (Lipinski definition) is 2. The highest BCUT2D eigenvalue weighted by molar-refractivity contribution is 6.31. The SMILES string of the molecule is CN1CCc2c(O)ccc(Cl)c2CC1. The fraction of sp³-hybridized carbons (Fsp3) is 0.455. The molecule has 0 unspecified atom stereocenters. The number of phenols is 1. The second-order valence-electron chi connectivity index (χ2n) is 3.83. The van der Waals surface area contributed by atoms with E-state index in [4.69, 9.17) is 11.6 Å². The summed E-state index contributed by atoms with van der Waals surface area (Å²) < 4.78 is 0. The van der Waals surface area contributed by atoms with Crippen molar-refractivity contribution < 1.29 is 5.11 Å². The van der Waals surface area contributed by atoms with Crippen LogP contribution < -0.4 is 0 Å². The Morgan fingerprint density at radius 3 is 2.57 bits per heavy atom. The number of phenolic OH excluding ortho intramolecular Hbond substituents is 1. The van der Waals surface area contributed by atoms with Gasteiger partial charge in [0.25, 0.3) is 0 Å². The van der Waals surface area contributed by atoms with E-state index in [-0.39, 0.29) is 0 Å². The molecule has 0 saturated carbocycles. The number of rotatable bonds is 0. The van der Waals surface area contributed by atoms with Crippen molar-refractivity contribution in [3.8, 4) is 5.75 Å². The Kier molecular flexibility index (Phi) is 2.66. The molecule has 1 aliphatic heterocycles. The van der Waals surface area contributed by atoms with Crippen LogP contribution in [0.4, 0.5) is 0 Å². The van der Waals surface area contributed by atoms with Crippen LogP contribution in [0.3, 0.4) is 0 Å². The van der Waals surface area contributed by atoms with Crippen molar-refractivity contribution in [2.24, 2.45) is 0 Å². The lowest BCUT2D eigenvalue weighted by Gasteiger charge is -2.10. The Morgan fingerprint density at radius 1 is 1.21 bits per heavy atom. The van der Waals surface area contributed by atoms with Crippen LogP contribution in [0.25, 0.3) is 0 Å². The van der Waals surface area contributed by atoms with Crippen LogP contribution in [-0.2, 0) is 12.8 Å². The fourth-order valence-corrected chi connectivity index (χ4v) is 2.19. The highest BCUT2D eigenvalue weighted by Crippen LogP contribution is 2.30. The van der Waals surface area contributed by atoms with Crippen LogP contribution in [0.15, 0.2) is 12.1 Å². The molecule has 0 saturated heterocycles. The van der Waals surface area contributed by atoms with E-state index in [2.05, 4.69) is 11.9 Å². The number of aromatic hydroxyl groups is 1. The van der Waals surface area contributed by atoms with E-state index in [1.807, 2.05) is 0 Å². The molecule has 0 aliphatic carbocycles. The van der Waals surface area contributed by atoms with Gasteiger partial charge in [-0.25, -0.2) is 0 Å². The summed E-state index contributed by atoms with van der Waals surface area (Å²) in [7, 11) is 2.09. The van der Waals surface area contributed by atoms with Crippen molar-refractivity contribution in [3.05, 3.63) is 28.3 Å². The maximum absolute atomic E-state index is 9.71. The summed E-state index contributed by atoms with van der Waals surface area (Å²) in [6, 6.07) is 3.47. The lowest BCUT2D eigenvalue weighted by Crippen LogP contribution is -2.20. The molecular weight excluding hydrogens is 198 g/mol. The zero-order valence-corrected chi connectivity index (χ0v) is 9.01. The van der Waals surface area contributed by atoms with Crippen molar-refractivity contribution in [3.63, 3.8) is 0 Å². The Hall–Kier alpha value is -0.730. The molecule has 3 heteroatoms. The highest BCUT2D eigenvalue weighted by atomic mass is 35.5. The minimum atomic E-state index is 0.389. The van der Waals surface area contributed by atoms with E-state index >= 15 is 0 Å². The minimum absolute atomic E-state index is 0.389. The van der Waals surface area contributed by atoms with Gasteiger partial charge in [-0.3, -0.25) is 0 Å². The molecule has 1 aromatic rings. The quantitative estimate of drug-likeness (QED) is 0.710. The summed E-state index contributed by atoms with van der Waals surface area (Å²) >= 11 is 6.10. The molecule has 1 heterocycles. The third-order valence-electron chi connectivity index (χ3n) is 2.84. The second-order valence-corrected chi connectivity index (χ2v) is 4.23. The van der Waals surface area contributed by atoms with Gasteiger partial charge in [0, 0.05) is 18.1 Å². The van der Waals surface area contributed by atoms with Crippen molar-refractivity contribution in [1.29, 1.82) is 0 Å². The zero-order chi connectivity index (χ0) is 10.1. The van der Waals surface area contributed by atoms with Crippen LogP contribution >= 0.6 is 11.6 Å². The second kappa shape index (κ2) is 3.79. The predicted octanol–water partition coefficient (Wildman–Crippen LogP) is 2.08. The lowest BCUT2D eigenvalue weighted by atomic mass is 10.0. The van der Waals surface area contributed by atoms with Gasteiger partial charge in [-0.1, -0.05) is 11.6 Å². The molecule has 0 spiro atoms. The van der Waals surface area contributed by atoms with E-state index in [0.717, 1.165) is 42.1 Å². The van der Waals surface area contributed by atoms with Gasteiger partial charge in [0.15, 0.2) is 0 Å². The van der Waals surface area contributed by atoms with Crippen LogP contribution in [0.1, 0.15) is 11.1 Å². The van der Waals surface area contributed by atoms with Gasteiger partial charge in [-0.2, -0.15) is 0 Å². The van der Waals surface area contributed by atoms with E-state index in [9.17, 15) is 5.11 Å². The summed E-state index contributed by atoms with van der Waals surface area (Å²) in [5, 5.41) is 10.5. The smallest absolute Gasteiger partial charge is 0.119 e. The molecule has 1 aliphatic rings. The molecule has 0 atom stereocenters. The molecule has 1 aromatic carbocycles. The molecule has 0 bridgehead atoms. The molecule has 2 nitrogen and oxygen atoms in total. The number of halogens is 1. The van der Waals surface area contributed by atoms with Crippen molar-refractivity contribution in [2.75, 3.05) is 20.1 Å². The maximum atomic E-state index is 9.71. The number of fused-ring (bicyclic) bond motifs is 1. The molecule has 0 radical (unpaired) electrons. The molecule has 0 amide bonds. The monoisotopic (exact) mass is 211 g/mol. The third-order valence-corrected chi connectivity index (χ3v) is 3.19. The van der Waals surface area contributed by atoms with Crippen molar-refractivity contribution in [1.82, 2.24) is 4.90 Å². The molecule has 1 N–H and O–H groups in total. The zero-order valence-electron chi connectivity index (χ0n) is 8.26. The number of hydrogen-bond donors (Lipinski definition) is 1. The Morgan fingerprint density at radius 2 is 1.86 bits per heavy atom. The maximum Gasteiger partial charge on any atom is 0.119 e. The Balaban J connectivity index is 2.44. The van der Waals surface area contributed by atoms with Crippen molar-refractivity contribution >= 4 is 11.6 Å². The number of likely N-dealkylation sites (N-methyl/N-ethyl adjacent to an activating group) is 1. The summed E-state index contributed by atoms with van der Waals surface area (Å²) in [6.07, 6.45) is 1.82. The van der Waals surface area contributed by atoms with Gasteiger partial charge in [-0.15, -0.1) is 0 Å². The summed E-state index contributed by atoms with van der Waals surface area (Å²) in [6.45, 7) is 2.00. The van der Waals surface area contributed by atoms with E-state index < -0.39 is 0 Å². The predicted molar refractivity (Wildman–Crippen MR) is 58.0 cm³/mol. The standard InChI is InChI=1S/C11H14ClNO/c1-13-6-4-8-9(5-7-13)11(14)3-2-10(8)12/h2-3,14H,4-7H2,1H3. The number of nitrogens with zero attached hydrogens (tertiary/aromatic N) is 1.